The van der Waals surface area contributed by atoms with E-state index in [4.69, 9.17) is 0 Å². The van der Waals surface area contributed by atoms with E-state index in [-0.39, 0.29) is 5.91 Å². The Kier molecular flexibility index (Phi) is 4.70. The van der Waals surface area contributed by atoms with Gasteiger partial charge in [0.25, 0.3) is 0 Å². The molecule has 2 nitrogen and oxygen atoms in total. The Bertz CT molecular complexity index is 91.1. The van der Waals surface area contributed by atoms with Gasteiger partial charge in [-0.15, -0.1) is 9.24 Å². The molecule has 3 heteroatoms. The first-order valence-electron chi connectivity index (χ1n) is 3.24. The lowest BCUT2D eigenvalue weighted by Crippen LogP contribution is -2.31. The molecule has 0 aliphatic heterocycles. The highest BCUT2D eigenvalue weighted by molar-refractivity contribution is 7.18. The van der Waals surface area contributed by atoms with Gasteiger partial charge < -0.3 is 4.90 Å². The van der Waals surface area contributed by atoms with E-state index < -0.39 is 0 Å². The van der Waals surface area contributed by atoms with Crippen LogP contribution in [0.25, 0.3) is 0 Å². The number of hydrogen-bond donors (Lipinski definition) is 0. The van der Waals surface area contributed by atoms with E-state index in [0.29, 0.717) is 6.16 Å². The molecule has 0 aromatic heterocycles. The van der Waals surface area contributed by atoms with Crippen molar-refractivity contribution in [1.29, 1.82) is 0 Å². The Hall–Kier alpha value is -0.100. The number of nitrogens with zero attached hydrogens (tertiary/aromatic N) is 1. The van der Waals surface area contributed by atoms with Crippen molar-refractivity contribution in [2.75, 3.05) is 19.3 Å². The summed E-state index contributed by atoms with van der Waals surface area (Å²) in [4.78, 5) is 12.7. The molecule has 0 aliphatic carbocycles. The van der Waals surface area contributed by atoms with E-state index in [1.165, 1.54) is 0 Å². The summed E-state index contributed by atoms with van der Waals surface area (Å²) >= 11 is 0. The fourth-order valence-electron chi connectivity index (χ4n) is 0.705. The first-order chi connectivity index (χ1) is 4.26. The van der Waals surface area contributed by atoms with E-state index in [1.54, 1.807) is 0 Å². The molecule has 0 radical (unpaired) electrons. The maximum Gasteiger partial charge on any atom is 0.226 e. The zero-order valence-electron chi connectivity index (χ0n) is 6.05. The van der Waals surface area contributed by atoms with Crippen LogP contribution in [0.4, 0.5) is 0 Å². The molecule has 1 atom stereocenters. The van der Waals surface area contributed by atoms with Crippen LogP contribution in [-0.2, 0) is 4.79 Å². The quantitative estimate of drug-likeness (QED) is 0.539. The molecular formula is C6H14NOP. The highest BCUT2D eigenvalue weighted by Gasteiger charge is 2.04. The van der Waals surface area contributed by atoms with Crippen LogP contribution >= 0.6 is 9.24 Å². The third kappa shape index (κ3) is 2.81. The van der Waals surface area contributed by atoms with Crippen LogP contribution in [0.5, 0.6) is 0 Å². The predicted molar refractivity (Wildman–Crippen MR) is 42.5 cm³/mol. The van der Waals surface area contributed by atoms with Crippen LogP contribution in [0.15, 0.2) is 0 Å². The minimum absolute atomic E-state index is 0.213. The van der Waals surface area contributed by atoms with Gasteiger partial charge in [0.05, 0.1) is 0 Å². The average Bonchev–Trinajstić information content (AvgIpc) is 1.90. The number of rotatable bonds is 3. The fourth-order valence-corrected chi connectivity index (χ4v) is 0.964. The van der Waals surface area contributed by atoms with Gasteiger partial charge in [-0.2, -0.15) is 0 Å². The van der Waals surface area contributed by atoms with Gasteiger partial charge >= 0.3 is 0 Å². The van der Waals surface area contributed by atoms with Gasteiger partial charge in [0.2, 0.25) is 5.91 Å². The highest BCUT2D eigenvalue weighted by Crippen LogP contribution is 1.91. The second kappa shape index (κ2) is 4.75. The van der Waals surface area contributed by atoms with Gasteiger partial charge in [-0.05, 0) is 13.8 Å². The topological polar surface area (TPSA) is 20.3 Å². The van der Waals surface area contributed by atoms with Gasteiger partial charge in [0.1, 0.15) is 0 Å². The SMILES string of the molecule is CCN(CC)C(=O)CP. The normalized spacial score (nSPS) is 9.22. The molecule has 0 aliphatic rings. The van der Waals surface area contributed by atoms with Crippen molar-refractivity contribution >= 4 is 15.1 Å². The number of carbonyl (C=O) groups is 1. The van der Waals surface area contributed by atoms with Gasteiger partial charge in [-0.1, -0.05) is 0 Å². The van der Waals surface area contributed by atoms with Gasteiger partial charge in [0, 0.05) is 19.3 Å². The smallest absolute Gasteiger partial charge is 0.226 e. The second-order valence-electron chi connectivity index (χ2n) is 1.77. The van der Waals surface area contributed by atoms with Crippen LogP contribution < -0.4 is 0 Å². The summed E-state index contributed by atoms with van der Waals surface area (Å²) in [6.07, 6.45) is 0.543. The Morgan fingerprint density at radius 1 is 1.44 bits per heavy atom. The zero-order chi connectivity index (χ0) is 7.28. The summed E-state index contributed by atoms with van der Waals surface area (Å²) in [5.41, 5.74) is 0. The van der Waals surface area contributed by atoms with Gasteiger partial charge in [0.15, 0.2) is 0 Å². The maximum atomic E-state index is 10.9. The minimum Gasteiger partial charge on any atom is -0.343 e. The van der Waals surface area contributed by atoms with Crippen LogP contribution in [0, 0.1) is 0 Å². The standard InChI is InChI=1S/C6H14NOP/c1-3-7(4-2)6(8)5-9/h3-5,9H2,1-2H3. The fraction of sp³-hybridized carbons (Fsp3) is 0.833. The van der Waals surface area contributed by atoms with Crippen LogP contribution in [0.2, 0.25) is 0 Å². The lowest BCUT2D eigenvalue weighted by Gasteiger charge is -2.16. The van der Waals surface area contributed by atoms with Crippen LogP contribution in [0.3, 0.4) is 0 Å². The van der Waals surface area contributed by atoms with E-state index >= 15 is 0 Å². The van der Waals surface area contributed by atoms with Crippen molar-refractivity contribution in [1.82, 2.24) is 4.90 Å². The Morgan fingerprint density at radius 2 is 1.89 bits per heavy atom. The molecule has 0 spiro atoms. The minimum atomic E-state index is 0.213. The summed E-state index contributed by atoms with van der Waals surface area (Å²) in [7, 11) is 2.43. The molecule has 0 aromatic carbocycles. The Balaban J connectivity index is 3.64. The molecule has 1 amide bonds. The van der Waals surface area contributed by atoms with Gasteiger partial charge in [-0.25, -0.2) is 0 Å². The number of hydrogen-bond acceptors (Lipinski definition) is 1. The molecule has 0 bridgehead atoms. The monoisotopic (exact) mass is 147 g/mol. The zero-order valence-corrected chi connectivity index (χ0v) is 7.21. The van der Waals surface area contributed by atoms with E-state index in [2.05, 4.69) is 9.24 Å². The first-order valence-corrected chi connectivity index (χ1v) is 4.05. The van der Waals surface area contributed by atoms with Gasteiger partial charge in [-0.3, -0.25) is 4.79 Å². The highest BCUT2D eigenvalue weighted by atomic mass is 31.0. The van der Waals surface area contributed by atoms with E-state index in [9.17, 15) is 4.79 Å². The van der Waals surface area contributed by atoms with E-state index in [0.717, 1.165) is 13.1 Å². The van der Waals surface area contributed by atoms with E-state index in [1.807, 2.05) is 18.7 Å². The molecule has 0 saturated carbocycles. The molecule has 9 heavy (non-hydrogen) atoms. The van der Waals surface area contributed by atoms with Crippen LogP contribution in [-0.4, -0.2) is 30.1 Å². The molecular weight excluding hydrogens is 133 g/mol. The molecule has 54 valence electrons. The summed E-state index contributed by atoms with van der Waals surface area (Å²) < 4.78 is 0. The summed E-state index contributed by atoms with van der Waals surface area (Å²) in [6.45, 7) is 5.62. The van der Waals surface area contributed by atoms with Crippen molar-refractivity contribution in [3.63, 3.8) is 0 Å². The van der Waals surface area contributed by atoms with Crippen LogP contribution in [0.1, 0.15) is 13.8 Å². The van der Waals surface area contributed by atoms with Crippen molar-refractivity contribution in [2.24, 2.45) is 0 Å². The molecule has 0 heterocycles. The lowest BCUT2D eigenvalue weighted by molar-refractivity contribution is -0.127. The van der Waals surface area contributed by atoms with Crippen molar-refractivity contribution < 1.29 is 4.79 Å². The van der Waals surface area contributed by atoms with Crippen molar-refractivity contribution in [3.8, 4) is 0 Å². The first kappa shape index (κ1) is 8.90. The van der Waals surface area contributed by atoms with Crippen molar-refractivity contribution in [2.45, 2.75) is 13.8 Å². The summed E-state index contributed by atoms with van der Waals surface area (Å²) in [5.74, 6) is 0.213. The Labute approximate surface area is 58.8 Å². The Morgan fingerprint density at radius 3 is 2.00 bits per heavy atom. The third-order valence-corrected chi connectivity index (χ3v) is 1.64. The summed E-state index contributed by atoms with van der Waals surface area (Å²) in [5, 5.41) is 0. The lowest BCUT2D eigenvalue weighted by atomic mass is 10.5. The molecule has 0 fully saturated rings. The number of amides is 1. The molecule has 1 unspecified atom stereocenters. The molecule has 0 saturated heterocycles. The molecule has 0 rings (SSSR count). The largest absolute Gasteiger partial charge is 0.343 e. The molecule has 0 N–H and O–H groups in total. The average molecular weight is 147 g/mol. The number of carbonyl (C=O) groups excluding carboxylic acids is 1. The summed E-state index contributed by atoms with van der Waals surface area (Å²) in [6, 6.07) is 0. The second-order valence-corrected chi connectivity index (χ2v) is 2.18. The third-order valence-electron chi connectivity index (χ3n) is 1.29. The van der Waals surface area contributed by atoms with Crippen molar-refractivity contribution in [3.05, 3.63) is 0 Å². The maximum absolute atomic E-state index is 10.9. The molecule has 0 aromatic rings. The predicted octanol–water partition coefficient (Wildman–Crippen LogP) is 0.730.